The molecule has 102 valence electrons. The van der Waals surface area contributed by atoms with E-state index >= 15 is 0 Å². The van der Waals surface area contributed by atoms with E-state index in [-0.39, 0.29) is 4.61 Å². The van der Waals surface area contributed by atoms with Gasteiger partial charge >= 0.3 is 4.61 Å². The summed E-state index contributed by atoms with van der Waals surface area (Å²) < 4.78 is 10.4. The average molecular weight is 329 g/mol. The molecule has 1 aromatic carbocycles. The first kappa shape index (κ1) is 13.7. The van der Waals surface area contributed by atoms with Crippen LogP contribution in [0.3, 0.4) is 0 Å². The minimum Gasteiger partial charge on any atom is -0.493 e. The molecule has 1 aliphatic heterocycles. The monoisotopic (exact) mass is 328 g/mol. The van der Waals surface area contributed by atoms with E-state index in [1.807, 2.05) is 6.07 Å². The zero-order valence-corrected chi connectivity index (χ0v) is 12.1. The smallest absolute Gasteiger partial charge is 0.334 e. The predicted molar refractivity (Wildman–Crippen MR) is 74.1 cm³/mol. The Hall–Kier alpha value is -1.76. The van der Waals surface area contributed by atoms with Crippen LogP contribution in [0.1, 0.15) is 11.1 Å². The van der Waals surface area contributed by atoms with Gasteiger partial charge in [0.1, 0.15) is 5.70 Å². The Morgan fingerprint density at radius 2 is 2.00 bits per heavy atom. The number of hydrogen-bond donors (Lipinski definition) is 1. The van der Waals surface area contributed by atoms with Crippen LogP contribution in [-0.2, 0) is 6.42 Å². The first-order chi connectivity index (χ1) is 9.08. The minimum atomic E-state index is -0.464. The Morgan fingerprint density at radius 1 is 1.37 bits per heavy atom. The zero-order chi connectivity index (χ0) is 14.0. The summed E-state index contributed by atoms with van der Waals surface area (Å²) in [6.45, 7) is 0.640. The van der Waals surface area contributed by atoms with Crippen molar-refractivity contribution in [1.29, 1.82) is 0 Å². The summed E-state index contributed by atoms with van der Waals surface area (Å²) in [7, 11) is 3.10. The molecule has 19 heavy (non-hydrogen) atoms. The van der Waals surface area contributed by atoms with Crippen LogP contribution in [0, 0.1) is 10.1 Å². The molecule has 6 nitrogen and oxygen atoms in total. The van der Waals surface area contributed by atoms with Gasteiger partial charge in [0.25, 0.3) is 0 Å². The van der Waals surface area contributed by atoms with Gasteiger partial charge in [0.05, 0.1) is 19.1 Å². The van der Waals surface area contributed by atoms with Gasteiger partial charge in [-0.2, -0.15) is 0 Å². The van der Waals surface area contributed by atoms with Gasteiger partial charge in [0.15, 0.2) is 11.5 Å². The van der Waals surface area contributed by atoms with Crippen LogP contribution in [0.5, 0.6) is 11.5 Å². The molecule has 2 rings (SSSR count). The van der Waals surface area contributed by atoms with E-state index in [4.69, 9.17) is 9.47 Å². The second kappa shape index (κ2) is 5.48. The zero-order valence-electron chi connectivity index (χ0n) is 10.5. The Bertz CT molecular complexity index is 557. The fourth-order valence-corrected chi connectivity index (χ4v) is 2.41. The van der Waals surface area contributed by atoms with Crippen LogP contribution in [0.15, 0.2) is 16.7 Å². The number of halogens is 1. The molecule has 0 spiro atoms. The van der Waals surface area contributed by atoms with Gasteiger partial charge in [-0.05, 0) is 24.1 Å². The number of rotatable bonds is 3. The SMILES string of the molecule is COc1cc2c(cc1OC)C(=C(Br)[N+](=O)[O-])NCC2. The number of nitro groups is 1. The first-order valence-electron chi connectivity index (χ1n) is 5.61. The van der Waals surface area contributed by atoms with Gasteiger partial charge in [0.2, 0.25) is 0 Å². The van der Waals surface area contributed by atoms with Crippen molar-refractivity contribution in [2.24, 2.45) is 0 Å². The van der Waals surface area contributed by atoms with Crippen LogP contribution < -0.4 is 14.8 Å². The second-order valence-corrected chi connectivity index (χ2v) is 4.72. The van der Waals surface area contributed by atoms with Crippen molar-refractivity contribution in [2.45, 2.75) is 6.42 Å². The highest BCUT2D eigenvalue weighted by molar-refractivity contribution is 9.11. The van der Waals surface area contributed by atoms with Gasteiger partial charge in [-0.15, -0.1) is 0 Å². The predicted octanol–water partition coefficient (Wildman–Crippen LogP) is 2.15. The maximum Gasteiger partial charge on any atom is 0.334 e. The molecule has 0 aliphatic carbocycles. The molecule has 0 radical (unpaired) electrons. The third kappa shape index (κ3) is 2.51. The summed E-state index contributed by atoms with van der Waals surface area (Å²) in [5.41, 5.74) is 2.21. The van der Waals surface area contributed by atoms with Gasteiger partial charge in [0, 0.05) is 28.0 Å². The van der Waals surface area contributed by atoms with Crippen LogP contribution in [-0.4, -0.2) is 25.7 Å². The molecule has 0 aromatic heterocycles. The highest BCUT2D eigenvalue weighted by atomic mass is 79.9. The van der Waals surface area contributed by atoms with Crippen LogP contribution in [0.25, 0.3) is 5.70 Å². The quantitative estimate of drug-likeness (QED) is 0.522. The van der Waals surface area contributed by atoms with E-state index in [0.29, 0.717) is 23.7 Å². The van der Waals surface area contributed by atoms with Crippen molar-refractivity contribution in [1.82, 2.24) is 5.32 Å². The molecule has 0 amide bonds. The van der Waals surface area contributed by atoms with E-state index in [0.717, 1.165) is 17.5 Å². The van der Waals surface area contributed by atoms with Crippen molar-refractivity contribution in [3.8, 4) is 11.5 Å². The van der Waals surface area contributed by atoms with E-state index in [1.54, 1.807) is 13.2 Å². The summed E-state index contributed by atoms with van der Waals surface area (Å²) in [6, 6.07) is 3.61. The molecule has 0 saturated carbocycles. The Morgan fingerprint density at radius 3 is 2.58 bits per heavy atom. The van der Waals surface area contributed by atoms with Crippen molar-refractivity contribution in [2.75, 3.05) is 20.8 Å². The molecule has 0 saturated heterocycles. The standard InChI is InChI=1S/C12H13BrN2O4/c1-18-9-5-7-3-4-14-11(12(13)15(16)17)8(7)6-10(9)19-2/h5-6,14H,3-4H2,1-2H3. The summed E-state index contributed by atoms with van der Waals surface area (Å²) >= 11 is 3.00. The third-order valence-electron chi connectivity index (χ3n) is 2.94. The fourth-order valence-electron chi connectivity index (χ4n) is 2.05. The number of benzene rings is 1. The van der Waals surface area contributed by atoms with E-state index < -0.39 is 4.92 Å². The Balaban J connectivity index is 2.62. The second-order valence-electron chi connectivity index (χ2n) is 3.96. The lowest BCUT2D eigenvalue weighted by atomic mass is 9.97. The average Bonchev–Trinajstić information content (AvgIpc) is 2.44. The lowest BCUT2D eigenvalue weighted by Crippen LogP contribution is -2.24. The molecule has 0 fully saturated rings. The number of fused-ring (bicyclic) bond motifs is 1. The van der Waals surface area contributed by atoms with Crippen molar-refractivity contribution in [3.63, 3.8) is 0 Å². The number of hydrogen-bond acceptors (Lipinski definition) is 5. The summed E-state index contributed by atoms with van der Waals surface area (Å²) in [5, 5.41) is 13.9. The first-order valence-corrected chi connectivity index (χ1v) is 6.41. The van der Waals surface area contributed by atoms with Gasteiger partial charge < -0.3 is 14.8 Å². The lowest BCUT2D eigenvalue weighted by molar-refractivity contribution is -0.408. The molecule has 0 bridgehead atoms. The molecule has 1 aromatic rings. The normalized spacial score (nSPS) is 16.2. The van der Waals surface area contributed by atoms with Crippen LogP contribution in [0.2, 0.25) is 0 Å². The van der Waals surface area contributed by atoms with Crippen LogP contribution in [0.4, 0.5) is 0 Å². The Labute approximate surface area is 118 Å². The molecule has 0 atom stereocenters. The summed E-state index contributed by atoms with van der Waals surface area (Å²) in [5.74, 6) is 1.17. The molecule has 1 aliphatic rings. The number of methoxy groups -OCH3 is 2. The highest BCUT2D eigenvalue weighted by Gasteiger charge is 2.24. The van der Waals surface area contributed by atoms with E-state index in [1.165, 1.54) is 7.11 Å². The van der Waals surface area contributed by atoms with Crippen LogP contribution >= 0.6 is 15.9 Å². The van der Waals surface area contributed by atoms with Crippen molar-refractivity contribution in [3.05, 3.63) is 38.0 Å². The van der Waals surface area contributed by atoms with Gasteiger partial charge in [-0.3, -0.25) is 10.1 Å². The number of nitrogens with one attached hydrogen (secondary N) is 1. The molecule has 1 heterocycles. The highest BCUT2D eigenvalue weighted by Crippen LogP contribution is 2.36. The van der Waals surface area contributed by atoms with Gasteiger partial charge in [-0.25, -0.2) is 0 Å². The summed E-state index contributed by atoms with van der Waals surface area (Å²) in [4.78, 5) is 10.4. The van der Waals surface area contributed by atoms with Gasteiger partial charge in [-0.1, -0.05) is 0 Å². The summed E-state index contributed by atoms with van der Waals surface area (Å²) in [6.07, 6.45) is 0.775. The third-order valence-corrected chi connectivity index (χ3v) is 3.63. The van der Waals surface area contributed by atoms with Crippen molar-refractivity contribution < 1.29 is 14.4 Å². The molecular formula is C12H13BrN2O4. The molecule has 7 heteroatoms. The largest absolute Gasteiger partial charge is 0.493 e. The molecule has 1 N–H and O–H groups in total. The van der Waals surface area contributed by atoms with E-state index in [9.17, 15) is 10.1 Å². The topological polar surface area (TPSA) is 73.6 Å². The molecular weight excluding hydrogens is 316 g/mol. The number of nitrogens with zero attached hydrogens (tertiary/aromatic N) is 1. The van der Waals surface area contributed by atoms with E-state index in [2.05, 4.69) is 21.2 Å². The number of ether oxygens (including phenoxy) is 2. The lowest BCUT2D eigenvalue weighted by Gasteiger charge is -2.22. The maximum atomic E-state index is 10.9. The fraction of sp³-hybridized carbons (Fsp3) is 0.333. The maximum absolute atomic E-state index is 10.9. The Kier molecular flexibility index (Phi) is 3.94. The molecule has 0 unspecified atom stereocenters. The van der Waals surface area contributed by atoms with Crippen molar-refractivity contribution >= 4 is 21.6 Å². The minimum absolute atomic E-state index is 0.0827.